The molecule has 1 aromatic rings. The molecule has 1 aromatic carbocycles. The van der Waals surface area contributed by atoms with Crippen LogP contribution in [0.15, 0.2) is 32.7 Å². The van der Waals surface area contributed by atoms with E-state index in [-0.39, 0.29) is 17.5 Å². The predicted molar refractivity (Wildman–Crippen MR) is 86.4 cm³/mol. The number of carbonyl (C=O) groups is 1. The Balaban J connectivity index is 3.23. The first-order chi connectivity index (χ1) is 9.58. The highest BCUT2D eigenvalue weighted by molar-refractivity contribution is 9.10. The smallest absolute Gasteiger partial charge is 0.340 e. The van der Waals surface area contributed by atoms with Crippen LogP contribution in [0.25, 0.3) is 0 Å². The van der Waals surface area contributed by atoms with Gasteiger partial charge in [-0.1, -0.05) is 15.9 Å². The number of nitrogens with two attached hydrogens (primary N) is 3. The summed E-state index contributed by atoms with van der Waals surface area (Å²) < 4.78 is 6.04. The monoisotopic (exact) mass is 355 g/mol. The van der Waals surface area contributed by atoms with E-state index in [4.69, 9.17) is 21.9 Å². The van der Waals surface area contributed by atoms with Gasteiger partial charge >= 0.3 is 5.97 Å². The van der Waals surface area contributed by atoms with E-state index in [1.165, 1.54) is 0 Å². The fraction of sp³-hybridized carbons (Fsp3) is 0.308. The summed E-state index contributed by atoms with van der Waals surface area (Å²) >= 11 is 3.30. The Labute approximate surface area is 131 Å². The van der Waals surface area contributed by atoms with Crippen molar-refractivity contribution in [2.75, 3.05) is 0 Å². The Morgan fingerprint density at radius 2 is 1.86 bits per heavy atom. The van der Waals surface area contributed by atoms with Gasteiger partial charge in [-0.3, -0.25) is 0 Å². The highest BCUT2D eigenvalue weighted by Crippen LogP contribution is 2.26. The van der Waals surface area contributed by atoms with E-state index in [2.05, 4.69) is 25.9 Å². The van der Waals surface area contributed by atoms with Crippen molar-refractivity contribution in [2.45, 2.75) is 26.4 Å². The number of rotatable bonds is 2. The molecule has 0 amide bonds. The molecule has 0 spiro atoms. The second-order valence-corrected chi connectivity index (χ2v) is 6.09. The van der Waals surface area contributed by atoms with Gasteiger partial charge in [-0.25, -0.2) is 9.79 Å². The van der Waals surface area contributed by atoms with Crippen LogP contribution in [0.2, 0.25) is 0 Å². The van der Waals surface area contributed by atoms with Crippen molar-refractivity contribution in [3.63, 3.8) is 0 Å². The fourth-order valence-electron chi connectivity index (χ4n) is 1.38. The van der Waals surface area contributed by atoms with E-state index in [1.807, 2.05) is 0 Å². The lowest BCUT2D eigenvalue weighted by molar-refractivity contribution is 0.00705. The molecule has 7 nitrogen and oxygen atoms in total. The molecule has 6 N–H and O–H groups in total. The van der Waals surface area contributed by atoms with Crippen LogP contribution >= 0.6 is 15.9 Å². The number of guanidine groups is 2. The average Bonchev–Trinajstić information content (AvgIpc) is 2.28. The summed E-state index contributed by atoms with van der Waals surface area (Å²) in [6.45, 7) is 5.33. The van der Waals surface area contributed by atoms with Gasteiger partial charge < -0.3 is 21.9 Å². The van der Waals surface area contributed by atoms with Crippen LogP contribution in [0.1, 0.15) is 31.1 Å². The molecule has 21 heavy (non-hydrogen) atoms. The third-order valence-electron chi connectivity index (χ3n) is 2.06. The lowest BCUT2D eigenvalue weighted by atomic mass is 10.1. The van der Waals surface area contributed by atoms with Gasteiger partial charge in [0.15, 0.2) is 5.96 Å². The van der Waals surface area contributed by atoms with E-state index in [0.29, 0.717) is 10.2 Å². The number of nitrogens with zero attached hydrogens (tertiary/aromatic N) is 2. The molecule has 0 radical (unpaired) electrons. The first kappa shape index (κ1) is 17.0. The number of hydrogen-bond acceptors (Lipinski definition) is 3. The normalized spacial score (nSPS) is 11.9. The number of esters is 1. The van der Waals surface area contributed by atoms with E-state index in [0.717, 1.165) is 0 Å². The summed E-state index contributed by atoms with van der Waals surface area (Å²) in [4.78, 5) is 19.8. The molecule has 0 bridgehead atoms. The highest BCUT2D eigenvalue weighted by Gasteiger charge is 2.20. The third-order valence-corrected chi connectivity index (χ3v) is 2.55. The van der Waals surface area contributed by atoms with Crippen LogP contribution in [0, 0.1) is 0 Å². The van der Waals surface area contributed by atoms with E-state index >= 15 is 0 Å². The van der Waals surface area contributed by atoms with Crippen LogP contribution in [-0.2, 0) is 4.74 Å². The van der Waals surface area contributed by atoms with Crippen molar-refractivity contribution in [3.8, 4) is 0 Å². The number of carbonyl (C=O) groups excluding carboxylic acids is 1. The van der Waals surface area contributed by atoms with Crippen LogP contribution in [-0.4, -0.2) is 23.5 Å². The molecule has 8 heteroatoms. The molecular weight excluding hydrogens is 338 g/mol. The fourth-order valence-corrected chi connectivity index (χ4v) is 1.74. The first-order valence-corrected chi connectivity index (χ1v) is 6.84. The standard InChI is InChI=1S/C13H18BrN5O2/c1-13(2,3)21-10(20)8-6-7(14)4-5-9(8)18-12(17)19-11(15)16/h4-6H,1-3H3,(H6,15,16,17,18,19). The zero-order chi connectivity index (χ0) is 16.2. The Bertz CT molecular complexity index is 601. The third kappa shape index (κ3) is 5.82. The van der Waals surface area contributed by atoms with Crippen molar-refractivity contribution in [1.82, 2.24) is 0 Å². The number of hydrogen-bond donors (Lipinski definition) is 3. The second kappa shape index (κ2) is 6.57. The maximum absolute atomic E-state index is 12.2. The molecule has 0 aliphatic rings. The first-order valence-electron chi connectivity index (χ1n) is 6.05. The Hall–Kier alpha value is -2.09. The lowest BCUT2D eigenvalue weighted by Gasteiger charge is -2.20. The number of benzene rings is 1. The minimum atomic E-state index is -0.619. The summed E-state index contributed by atoms with van der Waals surface area (Å²) in [5.41, 5.74) is 16.0. The topological polar surface area (TPSA) is 129 Å². The molecular formula is C13H18BrN5O2. The van der Waals surface area contributed by atoms with Crippen molar-refractivity contribution < 1.29 is 9.53 Å². The molecule has 114 valence electrons. The molecule has 0 saturated carbocycles. The average molecular weight is 356 g/mol. The molecule has 0 saturated heterocycles. The van der Waals surface area contributed by atoms with E-state index in [1.54, 1.807) is 39.0 Å². The quantitative estimate of drug-likeness (QED) is 0.421. The van der Waals surface area contributed by atoms with Crippen LogP contribution in [0.4, 0.5) is 5.69 Å². The van der Waals surface area contributed by atoms with Gasteiger partial charge in [-0.05, 0) is 39.0 Å². The van der Waals surface area contributed by atoms with Gasteiger partial charge in [-0.2, -0.15) is 4.99 Å². The Morgan fingerprint density at radius 3 is 2.38 bits per heavy atom. The van der Waals surface area contributed by atoms with Crippen molar-refractivity contribution >= 4 is 39.5 Å². The summed E-state index contributed by atoms with van der Waals surface area (Å²) in [5.74, 6) is -0.880. The molecule has 1 rings (SSSR count). The van der Waals surface area contributed by atoms with E-state index in [9.17, 15) is 4.79 Å². The van der Waals surface area contributed by atoms with Gasteiger partial charge in [0.1, 0.15) is 5.60 Å². The minimum Gasteiger partial charge on any atom is -0.456 e. The Kier molecular flexibility index (Phi) is 5.31. The SMILES string of the molecule is CC(C)(C)OC(=O)c1cc(Br)ccc1N=C(N)N=C(N)N. The zero-order valence-electron chi connectivity index (χ0n) is 12.1. The summed E-state index contributed by atoms with van der Waals surface area (Å²) in [5, 5.41) is 0. The molecule has 0 atom stereocenters. The largest absolute Gasteiger partial charge is 0.456 e. The maximum atomic E-state index is 12.2. The number of halogens is 1. The lowest BCUT2D eigenvalue weighted by Crippen LogP contribution is -2.26. The Morgan fingerprint density at radius 1 is 1.24 bits per heavy atom. The van der Waals surface area contributed by atoms with Gasteiger partial charge in [0.25, 0.3) is 0 Å². The molecule has 0 unspecified atom stereocenters. The predicted octanol–water partition coefficient (Wildman–Crippen LogP) is 1.62. The number of ether oxygens (including phenoxy) is 1. The van der Waals surface area contributed by atoms with Crippen LogP contribution in [0.5, 0.6) is 0 Å². The van der Waals surface area contributed by atoms with Gasteiger partial charge in [0, 0.05) is 4.47 Å². The van der Waals surface area contributed by atoms with Crippen molar-refractivity contribution in [2.24, 2.45) is 27.2 Å². The van der Waals surface area contributed by atoms with Gasteiger partial charge in [0.2, 0.25) is 5.96 Å². The maximum Gasteiger partial charge on any atom is 0.340 e. The van der Waals surface area contributed by atoms with Crippen molar-refractivity contribution in [1.29, 1.82) is 0 Å². The van der Waals surface area contributed by atoms with E-state index < -0.39 is 11.6 Å². The molecule has 0 fully saturated rings. The zero-order valence-corrected chi connectivity index (χ0v) is 13.6. The van der Waals surface area contributed by atoms with Gasteiger partial charge in [-0.15, -0.1) is 0 Å². The number of aliphatic imine (C=N–C) groups is 2. The highest BCUT2D eigenvalue weighted by atomic mass is 79.9. The van der Waals surface area contributed by atoms with Crippen LogP contribution < -0.4 is 17.2 Å². The second-order valence-electron chi connectivity index (χ2n) is 5.17. The summed E-state index contributed by atoms with van der Waals surface area (Å²) in [6, 6.07) is 4.92. The summed E-state index contributed by atoms with van der Waals surface area (Å²) in [7, 11) is 0. The molecule has 0 aliphatic heterocycles. The van der Waals surface area contributed by atoms with Crippen molar-refractivity contribution in [3.05, 3.63) is 28.2 Å². The minimum absolute atomic E-state index is 0.151. The van der Waals surface area contributed by atoms with Crippen LogP contribution in [0.3, 0.4) is 0 Å². The molecule has 0 heterocycles. The molecule has 0 aliphatic carbocycles. The molecule has 0 aromatic heterocycles. The summed E-state index contributed by atoms with van der Waals surface area (Å²) in [6.07, 6.45) is 0. The van der Waals surface area contributed by atoms with Gasteiger partial charge in [0.05, 0.1) is 11.3 Å².